The molecule has 0 bridgehead atoms. The summed E-state index contributed by atoms with van der Waals surface area (Å²) < 4.78 is 22.6. The Morgan fingerprint density at radius 1 is 1.40 bits per heavy atom. The van der Waals surface area contributed by atoms with Gasteiger partial charge in [-0.15, -0.1) is 5.10 Å². The van der Waals surface area contributed by atoms with Crippen LogP contribution < -0.4 is 10.5 Å². The smallest absolute Gasteiger partial charge is 0.277 e. The summed E-state index contributed by atoms with van der Waals surface area (Å²) in [4.78, 5) is 13.1. The molecule has 0 fully saturated rings. The van der Waals surface area contributed by atoms with E-state index < -0.39 is 15.9 Å². The first-order chi connectivity index (χ1) is 9.27. The first kappa shape index (κ1) is 14.2. The topological polar surface area (TPSA) is 120 Å². The minimum absolute atomic E-state index is 0.0231. The Morgan fingerprint density at radius 2 is 2.10 bits per heavy atom. The van der Waals surface area contributed by atoms with Crippen LogP contribution in [0.1, 0.15) is 16.1 Å². The maximum absolute atomic E-state index is 11.9. The number of nitrogens with two attached hydrogens (primary N) is 1. The Bertz CT molecular complexity index is 766. The lowest BCUT2D eigenvalue weighted by Gasteiger charge is -2.07. The number of aryl methyl sites for hydroxylation is 2. The van der Waals surface area contributed by atoms with Crippen LogP contribution in [0.5, 0.6) is 0 Å². The molecule has 3 N–H and O–H groups in total. The molecule has 20 heavy (non-hydrogen) atoms. The zero-order valence-corrected chi connectivity index (χ0v) is 11.7. The first-order valence-corrected chi connectivity index (χ1v) is 7.13. The highest BCUT2D eigenvalue weighted by Gasteiger charge is 2.14. The molecule has 2 rings (SSSR count). The van der Waals surface area contributed by atoms with Crippen molar-refractivity contribution in [3.05, 3.63) is 35.7 Å². The summed E-state index contributed by atoms with van der Waals surface area (Å²) in [5.74, 6) is -0.430. The Labute approximate surface area is 115 Å². The van der Waals surface area contributed by atoms with Crippen molar-refractivity contribution in [2.45, 2.75) is 11.8 Å². The van der Waals surface area contributed by atoms with E-state index in [4.69, 9.17) is 5.14 Å². The maximum atomic E-state index is 11.9. The summed E-state index contributed by atoms with van der Waals surface area (Å²) in [7, 11) is -2.17. The minimum Gasteiger partial charge on any atom is -0.321 e. The van der Waals surface area contributed by atoms with E-state index in [1.54, 1.807) is 14.0 Å². The second-order valence-corrected chi connectivity index (χ2v) is 5.73. The quantitative estimate of drug-likeness (QED) is 0.827. The first-order valence-electron chi connectivity index (χ1n) is 5.58. The average molecular weight is 295 g/mol. The number of hydrogen-bond acceptors (Lipinski definition) is 5. The number of anilines is 1. The van der Waals surface area contributed by atoms with E-state index in [9.17, 15) is 13.2 Å². The fourth-order valence-electron chi connectivity index (χ4n) is 1.69. The highest BCUT2D eigenvalue weighted by atomic mass is 32.2. The molecule has 2 aromatic rings. The number of benzene rings is 1. The lowest BCUT2D eigenvalue weighted by atomic mass is 10.2. The third kappa shape index (κ3) is 3.00. The van der Waals surface area contributed by atoms with E-state index in [0.29, 0.717) is 11.3 Å². The lowest BCUT2D eigenvalue weighted by molar-refractivity contribution is 0.102. The van der Waals surface area contributed by atoms with Crippen LogP contribution in [0, 0.1) is 6.92 Å². The highest BCUT2D eigenvalue weighted by Crippen LogP contribution is 2.18. The predicted octanol–water partition coefficient (Wildman–Crippen LogP) is 0.0232. The third-order valence-corrected chi connectivity index (χ3v) is 3.64. The van der Waals surface area contributed by atoms with E-state index in [-0.39, 0.29) is 10.6 Å². The predicted molar refractivity (Wildman–Crippen MR) is 71.5 cm³/mol. The van der Waals surface area contributed by atoms with Gasteiger partial charge >= 0.3 is 0 Å². The standard InChI is InChI=1S/C11H13N5O3S/c1-7-5-8(3-4-10(7)20(12,18)19)14-11(17)9-6-13-16(2)15-9/h3-6H,1-2H3,(H,14,17)(H2,12,18,19). The van der Waals surface area contributed by atoms with E-state index in [2.05, 4.69) is 15.5 Å². The van der Waals surface area contributed by atoms with Crippen LogP contribution >= 0.6 is 0 Å². The molecule has 0 radical (unpaired) electrons. The van der Waals surface area contributed by atoms with Gasteiger partial charge in [-0.3, -0.25) is 4.79 Å². The number of sulfonamides is 1. The SMILES string of the molecule is Cc1cc(NC(=O)c2cnn(C)n2)ccc1S(N)(=O)=O. The van der Waals surface area contributed by atoms with Crippen LogP contribution in [-0.4, -0.2) is 29.3 Å². The number of amides is 1. The number of carbonyl (C=O) groups excluding carboxylic acids is 1. The van der Waals surface area contributed by atoms with Crippen molar-refractivity contribution >= 4 is 21.6 Å². The molecule has 0 aliphatic heterocycles. The van der Waals surface area contributed by atoms with Gasteiger partial charge in [-0.25, -0.2) is 13.6 Å². The zero-order valence-electron chi connectivity index (χ0n) is 10.9. The maximum Gasteiger partial charge on any atom is 0.277 e. The van der Waals surface area contributed by atoms with Crippen molar-refractivity contribution in [2.24, 2.45) is 12.2 Å². The molecule has 0 spiro atoms. The van der Waals surface area contributed by atoms with Crippen LogP contribution in [0.4, 0.5) is 5.69 Å². The summed E-state index contributed by atoms with van der Waals surface area (Å²) in [6.45, 7) is 1.59. The van der Waals surface area contributed by atoms with Gasteiger partial charge in [0.1, 0.15) is 0 Å². The van der Waals surface area contributed by atoms with Crippen LogP contribution in [0.15, 0.2) is 29.3 Å². The van der Waals surface area contributed by atoms with E-state index in [0.717, 1.165) is 0 Å². The molecule has 1 aromatic heterocycles. The van der Waals surface area contributed by atoms with Gasteiger partial charge in [0.15, 0.2) is 5.69 Å². The van der Waals surface area contributed by atoms with Crippen LogP contribution in [0.3, 0.4) is 0 Å². The fourth-order valence-corrected chi connectivity index (χ4v) is 2.46. The summed E-state index contributed by atoms with van der Waals surface area (Å²) in [6.07, 6.45) is 1.33. The molecule has 106 valence electrons. The number of nitrogens with zero attached hydrogens (tertiary/aromatic N) is 3. The van der Waals surface area contributed by atoms with Crippen molar-refractivity contribution in [1.29, 1.82) is 0 Å². The number of carbonyl (C=O) groups is 1. The minimum atomic E-state index is -3.77. The van der Waals surface area contributed by atoms with E-state index in [1.807, 2.05) is 0 Å². The number of primary sulfonamides is 1. The second kappa shape index (κ2) is 5.02. The van der Waals surface area contributed by atoms with Gasteiger partial charge in [-0.05, 0) is 30.7 Å². The van der Waals surface area contributed by atoms with Gasteiger partial charge in [0.2, 0.25) is 10.0 Å². The zero-order chi connectivity index (χ0) is 14.9. The largest absolute Gasteiger partial charge is 0.321 e. The molecular formula is C11H13N5O3S. The lowest BCUT2D eigenvalue weighted by Crippen LogP contribution is -2.15. The molecule has 9 heteroatoms. The molecule has 0 atom stereocenters. The Balaban J connectivity index is 2.23. The fraction of sp³-hybridized carbons (Fsp3) is 0.182. The molecule has 1 heterocycles. The Kier molecular flexibility index (Phi) is 3.55. The van der Waals surface area contributed by atoms with Crippen LogP contribution in [-0.2, 0) is 17.1 Å². The normalized spacial score (nSPS) is 11.3. The van der Waals surface area contributed by atoms with Crippen molar-refractivity contribution in [3.63, 3.8) is 0 Å². The van der Waals surface area contributed by atoms with E-state index >= 15 is 0 Å². The number of nitrogens with one attached hydrogen (secondary N) is 1. The van der Waals surface area contributed by atoms with Gasteiger partial charge in [0.05, 0.1) is 11.1 Å². The van der Waals surface area contributed by atoms with Gasteiger partial charge in [-0.1, -0.05) is 0 Å². The number of hydrogen-bond donors (Lipinski definition) is 2. The molecule has 0 unspecified atom stereocenters. The van der Waals surface area contributed by atoms with Crippen molar-refractivity contribution < 1.29 is 13.2 Å². The van der Waals surface area contributed by atoms with Gasteiger partial charge in [0, 0.05) is 12.7 Å². The van der Waals surface area contributed by atoms with Crippen LogP contribution in [0.2, 0.25) is 0 Å². The summed E-state index contributed by atoms with van der Waals surface area (Å²) in [5.41, 5.74) is 1.07. The Hall–Kier alpha value is -2.26. The van der Waals surface area contributed by atoms with Gasteiger partial charge in [0.25, 0.3) is 5.91 Å². The van der Waals surface area contributed by atoms with E-state index in [1.165, 1.54) is 29.2 Å². The second-order valence-electron chi connectivity index (χ2n) is 4.20. The molecule has 1 amide bonds. The van der Waals surface area contributed by atoms with Gasteiger partial charge < -0.3 is 5.32 Å². The molecule has 0 aliphatic rings. The van der Waals surface area contributed by atoms with Gasteiger partial charge in [-0.2, -0.15) is 9.90 Å². The van der Waals surface area contributed by atoms with Crippen molar-refractivity contribution in [3.8, 4) is 0 Å². The van der Waals surface area contributed by atoms with Crippen molar-refractivity contribution in [1.82, 2.24) is 15.0 Å². The third-order valence-electron chi connectivity index (χ3n) is 2.57. The summed E-state index contributed by atoms with van der Waals surface area (Å²) >= 11 is 0. The number of aromatic nitrogens is 3. The highest BCUT2D eigenvalue weighted by molar-refractivity contribution is 7.89. The molecular weight excluding hydrogens is 282 g/mol. The summed E-state index contributed by atoms with van der Waals surface area (Å²) in [6, 6.07) is 4.33. The average Bonchev–Trinajstić information content (AvgIpc) is 2.74. The molecule has 0 saturated carbocycles. The molecule has 0 saturated heterocycles. The monoisotopic (exact) mass is 295 g/mol. The Morgan fingerprint density at radius 3 is 2.60 bits per heavy atom. The molecule has 1 aromatic carbocycles. The molecule has 8 nitrogen and oxygen atoms in total. The van der Waals surface area contributed by atoms with Crippen molar-refractivity contribution in [2.75, 3.05) is 5.32 Å². The summed E-state index contributed by atoms with van der Waals surface area (Å²) in [5, 5.41) is 15.3. The number of rotatable bonds is 3. The van der Waals surface area contributed by atoms with Crippen LogP contribution in [0.25, 0.3) is 0 Å². The molecule has 0 aliphatic carbocycles.